The second kappa shape index (κ2) is 2.09. The van der Waals surface area contributed by atoms with Gasteiger partial charge in [0.1, 0.15) is 0 Å². The number of hydrogen-bond acceptors (Lipinski definition) is 2. The lowest BCUT2D eigenvalue weighted by molar-refractivity contribution is 0.00669. The normalized spacial score (nSPS) is 18.9. The van der Waals surface area contributed by atoms with Crippen molar-refractivity contribution in [2.75, 3.05) is 13.2 Å². The number of nitrogens with zero attached hydrogens (tertiary/aromatic N) is 1. The van der Waals surface area contributed by atoms with Crippen LogP contribution in [0.15, 0.2) is 6.07 Å². The van der Waals surface area contributed by atoms with Crippen LogP contribution in [0.4, 0.5) is 0 Å². The molecule has 2 rings (SSSR count). The van der Waals surface area contributed by atoms with Gasteiger partial charge in [-0.1, -0.05) is 0 Å². The van der Waals surface area contributed by atoms with E-state index in [9.17, 15) is 0 Å². The minimum atomic E-state index is 0.546. The molecule has 1 aromatic heterocycles. The number of ether oxygens (including phenoxy) is 1. The molecule has 0 aliphatic carbocycles. The second-order valence-corrected chi connectivity index (χ2v) is 2.71. The molecule has 2 heterocycles. The Balaban J connectivity index is 2.17. The second-order valence-electron chi connectivity index (χ2n) is 2.71. The van der Waals surface area contributed by atoms with Crippen LogP contribution >= 0.6 is 0 Å². The average molecular weight is 138 g/mol. The molecule has 0 spiro atoms. The minimum absolute atomic E-state index is 0.546. The zero-order valence-electron chi connectivity index (χ0n) is 5.92. The summed E-state index contributed by atoms with van der Waals surface area (Å²) in [6.07, 6.45) is 0. The minimum Gasteiger partial charge on any atom is -0.380 e. The zero-order valence-corrected chi connectivity index (χ0v) is 5.92. The first-order chi connectivity index (χ1) is 4.86. The third-order valence-corrected chi connectivity index (χ3v) is 1.78. The summed E-state index contributed by atoms with van der Waals surface area (Å²) >= 11 is 0. The molecule has 1 N–H and O–H groups in total. The van der Waals surface area contributed by atoms with Crippen LogP contribution in [0.25, 0.3) is 0 Å². The summed E-state index contributed by atoms with van der Waals surface area (Å²) in [5.41, 5.74) is 2.27. The zero-order chi connectivity index (χ0) is 6.97. The van der Waals surface area contributed by atoms with Crippen molar-refractivity contribution in [3.8, 4) is 0 Å². The predicted molar refractivity (Wildman–Crippen MR) is 36.9 cm³/mol. The lowest BCUT2D eigenvalue weighted by Crippen LogP contribution is -2.25. The number of H-pyrrole nitrogens is 1. The fourth-order valence-electron chi connectivity index (χ4n) is 1.05. The predicted octanol–water partition coefficient (Wildman–Crippen LogP) is 0.832. The van der Waals surface area contributed by atoms with E-state index in [2.05, 4.69) is 16.3 Å². The molecule has 1 saturated heterocycles. The van der Waals surface area contributed by atoms with Gasteiger partial charge in [0, 0.05) is 11.6 Å². The number of hydrogen-bond donors (Lipinski definition) is 1. The van der Waals surface area contributed by atoms with E-state index in [1.165, 1.54) is 0 Å². The Labute approximate surface area is 59.4 Å². The highest BCUT2D eigenvalue weighted by atomic mass is 16.5. The van der Waals surface area contributed by atoms with E-state index >= 15 is 0 Å². The standard InChI is InChI=1S/C7H10N2O/c1-5-2-7(9-8-5)6-3-10-4-6/h2,6H,3-4H2,1H3,(H,8,9). The van der Waals surface area contributed by atoms with Crippen LogP contribution in [-0.2, 0) is 4.74 Å². The summed E-state index contributed by atoms with van der Waals surface area (Å²) in [4.78, 5) is 0. The van der Waals surface area contributed by atoms with Crippen molar-refractivity contribution in [1.29, 1.82) is 0 Å². The maximum absolute atomic E-state index is 5.04. The van der Waals surface area contributed by atoms with Crippen molar-refractivity contribution in [1.82, 2.24) is 10.2 Å². The van der Waals surface area contributed by atoms with Crippen molar-refractivity contribution in [2.24, 2.45) is 0 Å². The van der Waals surface area contributed by atoms with Crippen molar-refractivity contribution in [2.45, 2.75) is 12.8 Å². The summed E-state index contributed by atoms with van der Waals surface area (Å²) in [6, 6.07) is 2.08. The summed E-state index contributed by atoms with van der Waals surface area (Å²) in [5, 5.41) is 7.04. The van der Waals surface area contributed by atoms with E-state index < -0.39 is 0 Å². The van der Waals surface area contributed by atoms with Gasteiger partial charge >= 0.3 is 0 Å². The largest absolute Gasteiger partial charge is 0.380 e. The van der Waals surface area contributed by atoms with Gasteiger partial charge in [-0.25, -0.2) is 0 Å². The smallest absolute Gasteiger partial charge is 0.0701 e. The monoisotopic (exact) mass is 138 g/mol. The molecule has 1 aromatic rings. The third kappa shape index (κ3) is 0.827. The summed E-state index contributed by atoms with van der Waals surface area (Å²) < 4.78 is 5.04. The molecule has 54 valence electrons. The van der Waals surface area contributed by atoms with Gasteiger partial charge in [0.25, 0.3) is 0 Å². The highest BCUT2D eigenvalue weighted by Crippen LogP contribution is 2.21. The van der Waals surface area contributed by atoms with Crippen molar-refractivity contribution < 1.29 is 4.74 Å². The van der Waals surface area contributed by atoms with Gasteiger partial charge in [-0.05, 0) is 13.0 Å². The number of nitrogens with one attached hydrogen (secondary N) is 1. The van der Waals surface area contributed by atoms with E-state index in [-0.39, 0.29) is 0 Å². The molecule has 0 amide bonds. The van der Waals surface area contributed by atoms with Crippen molar-refractivity contribution in [3.05, 3.63) is 17.5 Å². The van der Waals surface area contributed by atoms with Gasteiger partial charge in [-0.15, -0.1) is 0 Å². The topological polar surface area (TPSA) is 37.9 Å². The molecule has 0 unspecified atom stereocenters. The van der Waals surface area contributed by atoms with Crippen LogP contribution in [0.3, 0.4) is 0 Å². The molecule has 0 atom stereocenters. The molecule has 0 saturated carbocycles. The molecule has 0 radical (unpaired) electrons. The average Bonchev–Trinajstić information content (AvgIpc) is 2.10. The Morgan fingerprint density at radius 2 is 2.50 bits per heavy atom. The summed E-state index contributed by atoms with van der Waals surface area (Å²) in [5.74, 6) is 0.546. The van der Waals surface area contributed by atoms with E-state index in [0.717, 1.165) is 24.6 Å². The molecule has 0 aromatic carbocycles. The van der Waals surface area contributed by atoms with Gasteiger partial charge in [0.05, 0.1) is 18.9 Å². The molecular formula is C7H10N2O. The summed E-state index contributed by atoms with van der Waals surface area (Å²) in [6.45, 7) is 3.69. The number of rotatable bonds is 1. The Bertz CT molecular complexity index is 227. The maximum Gasteiger partial charge on any atom is 0.0701 e. The first-order valence-electron chi connectivity index (χ1n) is 3.46. The highest BCUT2D eigenvalue weighted by Gasteiger charge is 2.22. The van der Waals surface area contributed by atoms with Gasteiger partial charge in [0.2, 0.25) is 0 Å². The lowest BCUT2D eigenvalue weighted by atomic mass is 10.0. The number of aryl methyl sites for hydroxylation is 1. The maximum atomic E-state index is 5.04. The van der Waals surface area contributed by atoms with E-state index in [1.807, 2.05) is 6.92 Å². The van der Waals surface area contributed by atoms with Crippen LogP contribution in [-0.4, -0.2) is 23.4 Å². The number of aromatic nitrogens is 2. The van der Waals surface area contributed by atoms with Crippen LogP contribution in [0, 0.1) is 6.92 Å². The van der Waals surface area contributed by atoms with E-state index in [0.29, 0.717) is 5.92 Å². The fourth-order valence-corrected chi connectivity index (χ4v) is 1.05. The van der Waals surface area contributed by atoms with Crippen molar-refractivity contribution >= 4 is 0 Å². The van der Waals surface area contributed by atoms with Crippen molar-refractivity contribution in [3.63, 3.8) is 0 Å². The molecular weight excluding hydrogens is 128 g/mol. The van der Waals surface area contributed by atoms with Crippen LogP contribution in [0.2, 0.25) is 0 Å². The Morgan fingerprint density at radius 1 is 1.70 bits per heavy atom. The quantitative estimate of drug-likeness (QED) is 0.624. The molecule has 0 bridgehead atoms. The fraction of sp³-hybridized carbons (Fsp3) is 0.571. The Kier molecular flexibility index (Phi) is 1.24. The molecule has 1 fully saturated rings. The summed E-state index contributed by atoms with van der Waals surface area (Å²) in [7, 11) is 0. The van der Waals surface area contributed by atoms with E-state index in [4.69, 9.17) is 4.74 Å². The molecule has 3 heteroatoms. The number of aromatic amines is 1. The highest BCUT2D eigenvalue weighted by molar-refractivity contribution is 5.13. The molecule has 3 nitrogen and oxygen atoms in total. The SMILES string of the molecule is Cc1cc(C2COC2)n[nH]1. The molecule has 1 aliphatic rings. The first kappa shape index (κ1) is 5.92. The Morgan fingerprint density at radius 3 is 2.90 bits per heavy atom. The Hall–Kier alpha value is -0.830. The van der Waals surface area contributed by atoms with Gasteiger partial charge in [-0.3, -0.25) is 5.10 Å². The first-order valence-corrected chi connectivity index (χ1v) is 3.46. The molecule has 10 heavy (non-hydrogen) atoms. The van der Waals surface area contributed by atoms with Gasteiger partial charge in [0.15, 0.2) is 0 Å². The van der Waals surface area contributed by atoms with Crippen LogP contribution in [0.1, 0.15) is 17.3 Å². The van der Waals surface area contributed by atoms with Gasteiger partial charge < -0.3 is 4.74 Å². The lowest BCUT2D eigenvalue weighted by Gasteiger charge is -2.23. The molecule has 1 aliphatic heterocycles. The van der Waals surface area contributed by atoms with E-state index in [1.54, 1.807) is 0 Å². The van der Waals surface area contributed by atoms with Crippen LogP contribution in [0.5, 0.6) is 0 Å². The van der Waals surface area contributed by atoms with Crippen LogP contribution < -0.4 is 0 Å². The van der Waals surface area contributed by atoms with Gasteiger partial charge in [-0.2, -0.15) is 5.10 Å². The third-order valence-electron chi connectivity index (χ3n) is 1.78.